The van der Waals surface area contributed by atoms with Gasteiger partial charge < -0.3 is 9.47 Å². The van der Waals surface area contributed by atoms with Gasteiger partial charge in [0, 0.05) is 53.8 Å². The molecule has 156 valence electrons. The molecule has 1 atom stereocenters. The molecular formula is C27H27N3O. The second-order valence-electron chi connectivity index (χ2n) is 8.45. The van der Waals surface area contributed by atoms with Crippen LogP contribution in [0.5, 0.6) is 0 Å². The molecule has 0 unspecified atom stereocenters. The van der Waals surface area contributed by atoms with Crippen LogP contribution in [0.15, 0.2) is 83.9 Å². The van der Waals surface area contributed by atoms with E-state index in [9.17, 15) is 4.79 Å². The van der Waals surface area contributed by atoms with E-state index in [1.54, 1.807) is 24.5 Å². The lowest BCUT2D eigenvalue weighted by molar-refractivity contribution is 0.272. The van der Waals surface area contributed by atoms with Crippen molar-refractivity contribution in [2.45, 2.75) is 32.2 Å². The summed E-state index contributed by atoms with van der Waals surface area (Å²) in [7, 11) is 0. The van der Waals surface area contributed by atoms with Gasteiger partial charge in [0.05, 0.1) is 11.2 Å². The standard InChI is InChI=1S/C27H27N3O/c1-20-4-3-16-29(20)17-13-23-6-2-5-22-9-12-26(28-27(22)23)21-7-10-24(11-8-21)30-18-14-25(31)15-19-30/h2,5-12,14-15,18-20H,3-4,13,16-17H2,1H3/t20-/m1/s1. The summed E-state index contributed by atoms with van der Waals surface area (Å²) in [5.74, 6) is 0. The zero-order chi connectivity index (χ0) is 21.2. The maximum atomic E-state index is 11.3. The normalized spacial score (nSPS) is 16.7. The Morgan fingerprint density at radius 2 is 1.77 bits per heavy atom. The molecule has 1 saturated heterocycles. The van der Waals surface area contributed by atoms with Crippen LogP contribution in [-0.2, 0) is 6.42 Å². The SMILES string of the molecule is C[C@@H]1CCCN1CCc1cccc2ccc(-c3ccc(-n4ccc(=O)cc4)cc3)nc12. The number of hydrogen-bond acceptors (Lipinski definition) is 3. The van der Waals surface area contributed by atoms with Gasteiger partial charge >= 0.3 is 0 Å². The van der Waals surface area contributed by atoms with Gasteiger partial charge in [0.15, 0.2) is 5.43 Å². The zero-order valence-electron chi connectivity index (χ0n) is 17.9. The van der Waals surface area contributed by atoms with Gasteiger partial charge in [-0.25, -0.2) is 4.98 Å². The van der Waals surface area contributed by atoms with Crippen LogP contribution >= 0.6 is 0 Å². The Hall–Kier alpha value is -3.24. The molecule has 0 radical (unpaired) electrons. The predicted molar refractivity (Wildman–Crippen MR) is 127 cm³/mol. The van der Waals surface area contributed by atoms with Crippen molar-refractivity contribution in [1.29, 1.82) is 0 Å². The van der Waals surface area contributed by atoms with Gasteiger partial charge in [-0.15, -0.1) is 0 Å². The number of aromatic nitrogens is 2. The number of pyridine rings is 2. The van der Waals surface area contributed by atoms with Gasteiger partial charge in [-0.3, -0.25) is 4.79 Å². The summed E-state index contributed by atoms with van der Waals surface area (Å²) >= 11 is 0. The highest BCUT2D eigenvalue weighted by Gasteiger charge is 2.19. The molecule has 0 aliphatic carbocycles. The van der Waals surface area contributed by atoms with E-state index >= 15 is 0 Å². The number of likely N-dealkylation sites (tertiary alicyclic amines) is 1. The van der Waals surface area contributed by atoms with Crippen molar-refractivity contribution in [3.63, 3.8) is 0 Å². The third kappa shape index (κ3) is 4.17. The van der Waals surface area contributed by atoms with Crippen molar-refractivity contribution >= 4 is 10.9 Å². The second kappa shape index (κ2) is 8.48. The van der Waals surface area contributed by atoms with E-state index in [0.29, 0.717) is 6.04 Å². The summed E-state index contributed by atoms with van der Waals surface area (Å²) in [4.78, 5) is 19.0. The summed E-state index contributed by atoms with van der Waals surface area (Å²) in [5, 5.41) is 1.19. The maximum absolute atomic E-state index is 11.3. The molecular weight excluding hydrogens is 382 g/mol. The molecule has 0 spiro atoms. The van der Waals surface area contributed by atoms with Gasteiger partial charge in [0.1, 0.15) is 0 Å². The summed E-state index contributed by atoms with van der Waals surface area (Å²) in [6.07, 6.45) is 7.24. The van der Waals surface area contributed by atoms with Gasteiger partial charge in [0.2, 0.25) is 0 Å². The molecule has 1 fully saturated rings. The highest BCUT2D eigenvalue weighted by molar-refractivity contribution is 5.84. The summed E-state index contributed by atoms with van der Waals surface area (Å²) < 4.78 is 1.94. The van der Waals surface area contributed by atoms with Crippen molar-refractivity contribution in [3.8, 4) is 16.9 Å². The molecule has 1 aliphatic rings. The fourth-order valence-electron chi connectivity index (χ4n) is 4.55. The molecule has 4 nitrogen and oxygen atoms in total. The quantitative estimate of drug-likeness (QED) is 0.461. The first-order valence-corrected chi connectivity index (χ1v) is 11.1. The van der Waals surface area contributed by atoms with Crippen LogP contribution < -0.4 is 5.43 Å². The number of rotatable bonds is 5. The molecule has 2 aromatic carbocycles. The number of para-hydroxylation sites is 1. The molecule has 5 rings (SSSR count). The first-order chi connectivity index (χ1) is 15.2. The van der Waals surface area contributed by atoms with Gasteiger partial charge in [0.25, 0.3) is 0 Å². The first kappa shape index (κ1) is 19.7. The fourth-order valence-corrected chi connectivity index (χ4v) is 4.55. The summed E-state index contributed by atoms with van der Waals surface area (Å²) in [6.45, 7) is 4.65. The predicted octanol–water partition coefficient (Wildman–Crippen LogP) is 5.08. The van der Waals surface area contributed by atoms with Gasteiger partial charge in [-0.2, -0.15) is 0 Å². The lowest BCUT2D eigenvalue weighted by Crippen LogP contribution is -2.29. The molecule has 0 N–H and O–H groups in total. The van der Waals surface area contributed by atoms with E-state index < -0.39 is 0 Å². The lowest BCUT2D eigenvalue weighted by atomic mass is 10.0. The molecule has 0 amide bonds. The Balaban J connectivity index is 1.42. The van der Waals surface area contributed by atoms with Crippen LogP contribution in [0, 0.1) is 0 Å². The Labute approximate surface area is 182 Å². The Bertz CT molecular complexity index is 1240. The van der Waals surface area contributed by atoms with Gasteiger partial charge in [-0.1, -0.05) is 36.4 Å². The summed E-state index contributed by atoms with van der Waals surface area (Å²) in [5.41, 5.74) is 5.54. The average molecular weight is 410 g/mol. The number of hydrogen-bond donors (Lipinski definition) is 0. The number of nitrogens with zero attached hydrogens (tertiary/aromatic N) is 3. The van der Waals surface area contributed by atoms with E-state index in [4.69, 9.17) is 4.98 Å². The van der Waals surface area contributed by atoms with Crippen molar-refractivity contribution in [3.05, 3.63) is 94.9 Å². The Kier molecular flexibility index (Phi) is 5.39. The minimum absolute atomic E-state index is 0.0169. The summed E-state index contributed by atoms with van der Waals surface area (Å²) in [6, 6.07) is 22.9. The highest BCUT2D eigenvalue weighted by Crippen LogP contribution is 2.25. The molecule has 4 aromatic rings. The van der Waals surface area contributed by atoms with Crippen LogP contribution in [-0.4, -0.2) is 33.6 Å². The molecule has 31 heavy (non-hydrogen) atoms. The first-order valence-electron chi connectivity index (χ1n) is 11.1. The molecule has 2 aromatic heterocycles. The Morgan fingerprint density at radius 1 is 0.968 bits per heavy atom. The molecule has 0 saturated carbocycles. The largest absolute Gasteiger partial charge is 0.324 e. The van der Waals surface area contributed by atoms with Crippen LogP contribution in [0.4, 0.5) is 0 Å². The zero-order valence-corrected chi connectivity index (χ0v) is 17.9. The van der Waals surface area contributed by atoms with Gasteiger partial charge in [-0.05, 0) is 56.5 Å². The lowest BCUT2D eigenvalue weighted by Gasteiger charge is -2.21. The van der Waals surface area contributed by atoms with Crippen LogP contribution in [0.2, 0.25) is 0 Å². The monoisotopic (exact) mass is 409 g/mol. The van der Waals surface area contributed by atoms with E-state index in [-0.39, 0.29) is 5.43 Å². The smallest absolute Gasteiger partial charge is 0.181 e. The van der Waals surface area contributed by atoms with Crippen molar-refractivity contribution < 1.29 is 0 Å². The van der Waals surface area contributed by atoms with Crippen molar-refractivity contribution in [2.24, 2.45) is 0 Å². The van der Waals surface area contributed by atoms with E-state index in [1.165, 1.54) is 30.3 Å². The molecule has 0 bridgehead atoms. The Morgan fingerprint density at radius 3 is 2.52 bits per heavy atom. The van der Waals surface area contributed by atoms with E-state index in [0.717, 1.165) is 35.4 Å². The molecule has 1 aliphatic heterocycles. The third-order valence-corrected chi connectivity index (χ3v) is 6.42. The molecule has 3 heterocycles. The minimum atomic E-state index is 0.0169. The highest BCUT2D eigenvalue weighted by atomic mass is 16.1. The third-order valence-electron chi connectivity index (χ3n) is 6.42. The van der Waals surface area contributed by atoms with Crippen molar-refractivity contribution in [2.75, 3.05) is 13.1 Å². The van der Waals surface area contributed by atoms with Crippen LogP contribution in [0.1, 0.15) is 25.3 Å². The second-order valence-corrected chi connectivity index (χ2v) is 8.45. The topological polar surface area (TPSA) is 38.1 Å². The van der Waals surface area contributed by atoms with Crippen LogP contribution in [0.25, 0.3) is 27.8 Å². The van der Waals surface area contributed by atoms with E-state index in [1.807, 2.05) is 4.57 Å². The maximum Gasteiger partial charge on any atom is 0.181 e. The number of fused-ring (bicyclic) bond motifs is 1. The van der Waals surface area contributed by atoms with Crippen LogP contribution in [0.3, 0.4) is 0 Å². The molecule has 4 heteroatoms. The van der Waals surface area contributed by atoms with E-state index in [2.05, 4.69) is 66.4 Å². The fraction of sp³-hybridized carbons (Fsp3) is 0.259. The minimum Gasteiger partial charge on any atom is -0.324 e. The average Bonchev–Trinajstić information content (AvgIpc) is 3.22. The number of benzene rings is 2. The van der Waals surface area contributed by atoms with Crippen molar-refractivity contribution in [1.82, 2.24) is 14.5 Å².